The molecule has 2 aromatic rings. The van der Waals surface area contributed by atoms with Crippen molar-refractivity contribution < 1.29 is 18.8 Å². The highest BCUT2D eigenvalue weighted by Crippen LogP contribution is 2.20. The molecular formula is C21H22FN3O3. The van der Waals surface area contributed by atoms with Gasteiger partial charge in [0.2, 0.25) is 5.91 Å². The number of hydrogen-bond donors (Lipinski definition) is 2. The van der Waals surface area contributed by atoms with Crippen LogP contribution in [0.3, 0.4) is 0 Å². The van der Waals surface area contributed by atoms with Crippen molar-refractivity contribution in [2.45, 2.75) is 32.4 Å². The summed E-state index contributed by atoms with van der Waals surface area (Å²) < 4.78 is 13.0. The van der Waals surface area contributed by atoms with Crippen LogP contribution in [0.1, 0.15) is 35.7 Å². The first-order valence-corrected chi connectivity index (χ1v) is 9.15. The van der Waals surface area contributed by atoms with Crippen LogP contribution in [-0.4, -0.2) is 35.2 Å². The molecule has 1 heterocycles. The number of rotatable bonds is 5. The monoisotopic (exact) mass is 383 g/mol. The van der Waals surface area contributed by atoms with E-state index in [4.69, 9.17) is 0 Å². The van der Waals surface area contributed by atoms with Crippen molar-refractivity contribution in [2.75, 3.05) is 11.9 Å². The van der Waals surface area contributed by atoms with Gasteiger partial charge in [-0.1, -0.05) is 24.3 Å². The van der Waals surface area contributed by atoms with E-state index in [2.05, 4.69) is 10.6 Å². The van der Waals surface area contributed by atoms with E-state index in [0.29, 0.717) is 24.2 Å². The normalized spacial score (nSPS) is 15.9. The van der Waals surface area contributed by atoms with E-state index in [0.717, 1.165) is 12.0 Å². The minimum Gasteiger partial charge on any atom is -0.350 e. The van der Waals surface area contributed by atoms with E-state index in [1.54, 1.807) is 36.4 Å². The molecule has 3 amide bonds. The van der Waals surface area contributed by atoms with Gasteiger partial charge < -0.3 is 15.5 Å². The Morgan fingerprint density at radius 3 is 2.61 bits per heavy atom. The number of anilines is 1. The highest BCUT2D eigenvalue weighted by atomic mass is 19.1. The molecule has 1 saturated heterocycles. The molecule has 0 bridgehead atoms. The zero-order valence-corrected chi connectivity index (χ0v) is 15.6. The van der Waals surface area contributed by atoms with Crippen LogP contribution < -0.4 is 10.6 Å². The molecule has 6 nitrogen and oxygen atoms in total. The Kier molecular flexibility index (Phi) is 6.03. The first kappa shape index (κ1) is 19.5. The Morgan fingerprint density at radius 1 is 1.14 bits per heavy atom. The first-order valence-electron chi connectivity index (χ1n) is 9.15. The van der Waals surface area contributed by atoms with Crippen molar-refractivity contribution in [1.29, 1.82) is 0 Å². The standard InChI is InChI=1S/C21H22FN3O3/c1-14(26)16-4-2-5-18(12-16)24-21(28)25-11-3-6-19(25)20(27)23-13-15-7-9-17(22)10-8-15/h2,4-5,7-10,12,19H,3,6,11,13H2,1H3,(H,23,27)(H,24,28)/t19-/m1/s1. The van der Waals surface area contributed by atoms with Crippen LogP contribution in [-0.2, 0) is 11.3 Å². The number of carbonyl (C=O) groups is 3. The van der Waals surface area contributed by atoms with Crippen molar-refractivity contribution in [3.05, 3.63) is 65.5 Å². The Hall–Kier alpha value is -3.22. The zero-order chi connectivity index (χ0) is 20.1. The Balaban J connectivity index is 1.60. The largest absolute Gasteiger partial charge is 0.350 e. The van der Waals surface area contributed by atoms with E-state index in [9.17, 15) is 18.8 Å². The first-order chi connectivity index (χ1) is 13.4. The van der Waals surface area contributed by atoms with Gasteiger partial charge in [-0.3, -0.25) is 9.59 Å². The maximum atomic E-state index is 13.0. The number of likely N-dealkylation sites (tertiary alicyclic amines) is 1. The highest BCUT2D eigenvalue weighted by molar-refractivity contribution is 5.97. The molecular weight excluding hydrogens is 361 g/mol. The van der Waals surface area contributed by atoms with Crippen LogP contribution in [0.15, 0.2) is 48.5 Å². The van der Waals surface area contributed by atoms with Gasteiger partial charge in [0.15, 0.2) is 5.78 Å². The summed E-state index contributed by atoms with van der Waals surface area (Å²) in [6.45, 7) is 2.21. The predicted molar refractivity (Wildman–Crippen MR) is 103 cm³/mol. The Bertz CT molecular complexity index is 883. The summed E-state index contributed by atoms with van der Waals surface area (Å²) in [6.07, 6.45) is 1.31. The van der Waals surface area contributed by atoms with E-state index in [-0.39, 0.29) is 30.1 Å². The fraction of sp³-hybridized carbons (Fsp3) is 0.286. The molecule has 1 aliphatic rings. The molecule has 7 heteroatoms. The number of ketones is 1. The number of nitrogens with one attached hydrogen (secondary N) is 2. The van der Waals surface area contributed by atoms with Crippen molar-refractivity contribution in [2.24, 2.45) is 0 Å². The van der Waals surface area contributed by atoms with Crippen LogP contribution in [0, 0.1) is 5.82 Å². The van der Waals surface area contributed by atoms with Crippen LogP contribution in [0.4, 0.5) is 14.9 Å². The quantitative estimate of drug-likeness (QED) is 0.778. The molecule has 146 valence electrons. The van der Waals surface area contributed by atoms with Gasteiger partial charge in [-0.2, -0.15) is 0 Å². The lowest BCUT2D eigenvalue weighted by Gasteiger charge is -2.24. The summed E-state index contributed by atoms with van der Waals surface area (Å²) in [7, 11) is 0. The average molecular weight is 383 g/mol. The topological polar surface area (TPSA) is 78.5 Å². The molecule has 1 atom stereocenters. The van der Waals surface area contributed by atoms with E-state index in [1.165, 1.54) is 24.0 Å². The van der Waals surface area contributed by atoms with E-state index < -0.39 is 6.04 Å². The third-order valence-corrected chi connectivity index (χ3v) is 4.72. The number of amides is 3. The summed E-state index contributed by atoms with van der Waals surface area (Å²) in [4.78, 5) is 38.2. The summed E-state index contributed by atoms with van der Waals surface area (Å²) >= 11 is 0. The smallest absolute Gasteiger partial charge is 0.322 e. The second kappa shape index (κ2) is 8.65. The Morgan fingerprint density at radius 2 is 1.89 bits per heavy atom. The fourth-order valence-electron chi connectivity index (χ4n) is 3.20. The third kappa shape index (κ3) is 4.73. The van der Waals surface area contributed by atoms with Crippen LogP contribution in [0.2, 0.25) is 0 Å². The molecule has 0 spiro atoms. The minimum atomic E-state index is -0.559. The van der Waals surface area contributed by atoms with Crippen molar-refractivity contribution in [3.63, 3.8) is 0 Å². The van der Waals surface area contributed by atoms with Crippen molar-refractivity contribution >= 4 is 23.4 Å². The third-order valence-electron chi connectivity index (χ3n) is 4.72. The number of benzene rings is 2. The van der Waals surface area contributed by atoms with Gasteiger partial charge in [0.25, 0.3) is 0 Å². The molecule has 1 aliphatic heterocycles. The van der Waals surface area contributed by atoms with Crippen LogP contribution in [0.5, 0.6) is 0 Å². The number of nitrogens with zero attached hydrogens (tertiary/aromatic N) is 1. The summed E-state index contributed by atoms with van der Waals surface area (Å²) in [5.74, 6) is -0.660. The summed E-state index contributed by atoms with van der Waals surface area (Å²) in [5, 5.41) is 5.56. The van der Waals surface area contributed by atoms with Gasteiger partial charge in [0, 0.05) is 24.3 Å². The zero-order valence-electron chi connectivity index (χ0n) is 15.6. The van der Waals surface area contributed by atoms with Crippen LogP contribution >= 0.6 is 0 Å². The molecule has 0 saturated carbocycles. The lowest BCUT2D eigenvalue weighted by Crippen LogP contribution is -2.47. The second-order valence-corrected chi connectivity index (χ2v) is 6.76. The maximum absolute atomic E-state index is 13.0. The number of hydrogen-bond acceptors (Lipinski definition) is 3. The predicted octanol–water partition coefficient (Wildman–Crippen LogP) is 3.34. The van der Waals surface area contributed by atoms with Gasteiger partial charge in [-0.15, -0.1) is 0 Å². The number of halogens is 1. The van der Waals surface area contributed by atoms with Crippen molar-refractivity contribution in [1.82, 2.24) is 10.2 Å². The number of carbonyl (C=O) groups excluding carboxylic acids is 3. The van der Waals surface area contributed by atoms with Gasteiger partial charge in [-0.05, 0) is 49.6 Å². The van der Waals surface area contributed by atoms with E-state index >= 15 is 0 Å². The molecule has 0 unspecified atom stereocenters. The van der Waals surface area contributed by atoms with Crippen LogP contribution in [0.25, 0.3) is 0 Å². The molecule has 28 heavy (non-hydrogen) atoms. The maximum Gasteiger partial charge on any atom is 0.322 e. The van der Waals surface area contributed by atoms with Gasteiger partial charge in [0.05, 0.1) is 0 Å². The molecule has 1 fully saturated rings. The average Bonchev–Trinajstić information content (AvgIpc) is 3.17. The summed E-state index contributed by atoms with van der Waals surface area (Å²) in [6, 6.07) is 11.6. The minimum absolute atomic E-state index is 0.0877. The molecule has 0 aromatic heterocycles. The van der Waals surface area contributed by atoms with Gasteiger partial charge in [-0.25, -0.2) is 9.18 Å². The highest BCUT2D eigenvalue weighted by Gasteiger charge is 2.34. The van der Waals surface area contributed by atoms with Gasteiger partial charge >= 0.3 is 6.03 Å². The molecule has 0 radical (unpaired) electrons. The number of Topliss-reactive ketones (excluding diaryl/α,β-unsaturated/α-hetero) is 1. The van der Waals surface area contributed by atoms with Gasteiger partial charge in [0.1, 0.15) is 11.9 Å². The molecule has 2 aromatic carbocycles. The Labute approximate surface area is 162 Å². The van der Waals surface area contributed by atoms with Crippen molar-refractivity contribution in [3.8, 4) is 0 Å². The summed E-state index contributed by atoms with van der Waals surface area (Å²) in [5.41, 5.74) is 1.80. The lowest BCUT2D eigenvalue weighted by molar-refractivity contribution is -0.124. The fourth-order valence-corrected chi connectivity index (χ4v) is 3.20. The lowest BCUT2D eigenvalue weighted by atomic mass is 10.1. The molecule has 3 rings (SSSR count). The molecule has 0 aliphatic carbocycles. The molecule has 2 N–H and O–H groups in total. The second-order valence-electron chi connectivity index (χ2n) is 6.76. The SMILES string of the molecule is CC(=O)c1cccc(NC(=O)N2CCC[C@@H]2C(=O)NCc2ccc(F)cc2)c1. The van der Waals surface area contributed by atoms with E-state index in [1.807, 2.05) is 0 Å². The number of urea groups is 1.